The van der Waals surface area contributed by atoms with Gasteiger partial charge in [0.15, 0.2) is 0 Å². The van der Waals surface area contributed by atoms with Crippen molar-refractivity contribution in [1.29, 1.82) is 0 Å². The molecule has 1 unspecified atom stereocenters. The van der Waals surface area contributed by atoms with Gasteiger partial charge in [0.25, 0.3) is 0 Å². The van der Waals surface area contributed by atoms with Crippen molar-refractivity contribution in [1.82, 2.24) is 0 Å². The normalized spacial score (nSPS) is 23.9. The minimum atomic E-state index is -0.425. The van der Waals surface area contributed by atoms with Gasteiger partial charge in [-0.3, -0.25) is 0 Å². The average Bonchev–Trinajstić information content (AvgIpc) is 2.05. The number of benzene rings is 1. The molecular formula is C11H13BrO2. The van der Waals surface area contributed by atoms with Gasteiger partial charge in [-0.05, 0) is 35.8 Å². The zero-order valence-corrected chi connectivity index (χ0v) is 9.84. The van der Waals surface area contributed by atoms with Crippen LogP contribution in [0.4, 0.5) is 0 Å². The molecule has 0 fully saturated rings. The smallest absolute Gasteiger partial charge is 0.140 e. The van der Waals surface area contributed by atoms with E-state index in [-0.39, 0.29) is 5.60 Å². The van der Waals surface area contributed by atoms with Crippen LogP contribution in [0.1, 0.15) is 31.9 Å². The molecule has 1 aromatic carbocycles. The molecule has 0 aromatic heterocycles. The number of halogens is 1. The van der Waals surface area contributed by atoms with Crippen LogP contribution in [-0.2, 0) is 0 Å². The van der Waals surface area contributed by atoms with E-state index in [2.05, 4.69) is 15.9 Å². The van der Waals surface area contributed by atoms with Gasteiger partial charge >= 0.3 is 0 Å². The molecular weight excluding hydrogens is 244 g/mol. The Morgan fingerprint density at radius 2 is 2.21 bits per heavy atom. The predicted octanol–water partition coefficient (Wildman–Crippen LogP) is 3.04. The summed E-state index contributed by atoms with van der Waals surface area (Å²) in [6.45, 7) is 3.97. The Balaban J connectivity index is 2.51. The van der Waals surface area contributed by atoms with Crippen molar-refractivity contribution in [2.45, 2.75) is 32.0 Å². The molecule has 0 spiro atoms. The van der Waals surface area contributed by atoms with Crippen LogP contribution >= 0.6 is 15.9 Å². The summed E-state index contributed by atoms with van der Waals surface area (Å²) in [4.78, 5) is 0. The van der Waals surface area contributed by atoms with Crippen LogP contribution in [-0.4, -0.2) is 10.7 Å². The third-order valence-electron chi connectivity index (χ3n) is 2.42. The fraction of sp³-hybridized carbons (Fsp3) is 0.455. The summed E-state index contributed by atoms with van der Waals surface area (Å²) in [6, 6.07) is 5.74. The molecule has 0 saturated carbocycles. The highest BCUT2D eigenvalue weighted by atomic mass is 79.9. The van der Waals surface area contributed by atoms with Gasteiger partial charge in [-0.15, -0.1) is 0 Å². The van der Waals surface area contributed by atoms with E-state index in [1.807, 2.05) is 32.0 Å². The van der Waals surface area contributed by atoms with E-state index in [0.717, 1.165) is 15.8 Å². The molecule has 2 nitrogen and oxygen atoms in total. The Hall–Kier alpha value is -0.540. The Labute approximate surface area is 92.0 Å². The molecule has 14 heavy (non-hydrogen) atoms. The summed E-state index contributed by atoms with van der Waals surface area (Å²) in [5.41, 5.74) is 0.578. The summed E-state index contributed by atoms with van der Waals surface area (Å²) in [5, 5.41) is 9.92. The van der Waals surface area contributed by atoms with Crippen molar-refractivity contribution in [2.75, 3.05) is 0 Å². The second kappa shape index (κ2) is 3.24. The molecule has 76 valence electrons. The lowest BCUT2D eigenvalue weighted by atomic mass is 9.92. The van der Waals surface area contributed by atoms with Gasteiger partial charge in [-0.1, -0.05) is 12.1 Å². The Morgan fingerprint density at radius 1 is 1.50 bits per heavy atom. The van der Waals surface area contributed by atoms with E-state index in [9.17, 15) is 5.11 Å². The molecule has 0 amide bonds. The Kier molecular flexibility index (Phi) is 2.32. The lowest BCUT2D eigenvalue weighted by molar-refractivity contribution is 0.0108. The first-order chi connectivity index (χ1) is 6.49. The SMILES string of the molecule is CC1(C)CC(O)c2cccc(Br)c2O1. The van der Waals surface area contributed by atoms with Crippen LogP contribution in [0.2, 0.25) is 0 Å². The van der Waals surface area contributed by atoms with Crippen LogP contribution in [0.15, 0.2) is 22.7 Å². The summed E-state index contributed by atoms with van der Waals surface area (Å²) in [5.74, 6) is 0.774. The summed E-state index contributed by atoms with van der Waals surface area (Å²) >= 11 is 3.43. The number of rotatable bonds is 0. The molecule has 0 bridgehead atoms. The lowest BCUT2D eigenvalue weighted by Gasteiger charge is -2.35. The van der Waals surface area contributed by atoms with Gasteiger partial charge in [0, 0.05) is 12.0 Å². The third-order valence-corrected chi connectivity index (χ3v) is 3.04. The first-order valence-corrected chi connectivity index (χ1v) is 5.44. The molecule has 0 aliphatic carbocycles. The Bertz CT molecular complexity index is 360. The second-order valence-corrected chi connectivity index (χ2v) is 5.09. The quantitative estimate of drug-likeness (QED) is 0.774. The van der Waals surface area contributed by atoms with E-state index in [4.69, 9.17) is 4.74 Å². The average molecular weight is 257 g/mol. The topological polar surface area (TPSA) is 29.5 Å². The summed E-state index contributed by atoms with van der Waals surface area (Å²) in [7, 11) is 0. The van der Waals surface area contributed by atoms with Gasteiger partial charge in [-0.2, -0.15) is 0 Å². The molecule has 3 heteroatoms. The minimum absolute atomic E-state index is 0.295. The van der Waals surface area contributed by atoms with Crippen LogP contribution in [0, 0.1) is 0 Å². The van der Waals surface area contributed by atoms with Gasteiger partial charge in [-0.25, -0.2) is 0 Å². The van der Waals surface area contributed by atoms with Crippen molar-refractivity contribution in [3.63, 3.8) is 0 Å². The van der Waals surface area contributed by atoms with Gasteiger partial charge in [0.05, 0.1) is 10.6 Å². The first kappa shape index (κ1) is 9.99. The fourth-order valence-electron chi connectivity index (χ4n) is 1.79. The molecule has 0 saturated heterocycles. The molecule has 1 heterocycles. The summed E-state index contributed by atoms with van der Waals surface area (Å²) < 4.78 is 6.72. The van der Waals surface area contributed by atoms with Gasteiger partial charge < -0.3 is 9.84 Å². The molecule has 1 N–H and O–H groups in total. The largest absolute Gasteiger partial charge is 0.486 e. The van der Waals surface area contributed by atoms with Crippen LogP contribution in [0.3, 0.4) is 0 Å². The van der Waals surface area contributed by atoms with Crippen molar-refractivity contribution in [3.05, 3.63) is 28.2 Å². The Morgan fingerprint density at radius 3 is 2.93 bits per heavy atom. The number of aliphatic hydroxyl groups is 1. The predicted molar refractivity (Wildman–Crippen MR) is 58.4 cm³/mol. The van der Waals surface area contributed by atoms with Crippen molar-refractivity contribution < 1.29 is 9.84 Å². The zero-order chi connectivity index (χ0) is 10.3. The maximum atomic E-state index is 9.92. The number of fused-ring (bicyclic) bond motifs is 1. The van der Waals surface area contributed by atoms with Crippen LogP contribution in [0.5, 0.6) is 5.75 Å². The van der Waals surface area contributed by atoms with Crippen molar-refractivity contribution in [2.24, 2.45) is 0 Å². The summed E-state index contributed by atoms with van der Waals surface area (Å²) in [6.07, 6.45) is 0.211. The highest BCUT2D eigenvalue weighted by molar-refractivity contribution is 9.10. The molecule has 1 atom stereocenters. The molecule has 2 rings (SSSR count). The minimum Gasteiger partial charge on any atom is -0.486 e. The second-order valence-electron chi connectivity index (χ2n) is 4.24. The standard InChI is InChI=1S/C11H13BrO2/c1-11(2)6-9(13)7-4-3-5-8(12)10(7)14-11/h3-5,9,13H,6H2,1-2H3. The highest BCUT2D eigenvalue weighted by Gasteiger charge is 2.33. The van der Waals surface area contributed by atoms with E-state index < -0.39 is 6.10 Å². The van der Waals surface area contributed by atoms with E-state index in [1.165, 1.54) is 0 Å². The molecule has 0 radical (unpaired) electrons. The fourth-order valence-corrected chi connectivity index (χ4v) is 2.25. The number of aliphatic hydroxyl groups excluding tert-OH is 1. The molecule has 1 aromatic rings. The number of hydrogen-bond acceptors (Lipinski definition) is 2. The maximum Gasteiger partial charge on any atom is 0.140 e. The highest BCUT2D eigenvalue weighted by Crippen LogP contribution is 2.43. The van der Waals surface area contributed by atoms with E-state index in [1.54, 1.807) is 0 Å². The monoisotopic (exact) mass is 256 g/mol. The first-order valence-electron chi connectivity index (χ1n) is 4.65. The van der Waals surface area contributed by atoms with Crippen molar-refractivity contribution >= 4 is 15.9 Å². The zero-order valence-electron chi connectivity index (χ0n) is 8.25. The van der Waals surface area contributed by atoms with Crippen LogP contribution < -0.4 is 4.74 Å². The molecule has 1 aliphatic rings. The number of hydrogen-bond donors (Lipinski definition) is 1. The van der Waals surface area contributed by atoms with E-state index >= 15 is 0 Å². The van der Waals surface area contributed by atoms with Gasteiger partial charge in [0.2, 0.25) is 0 Å². The van der Waals surface area contributed by atoms with Crippen LogP contribution in [0.25, 0.3) is 0 Å². The molecule has 1 aliphatic heterocycles. The number of ether oxygens (including phenoxy) is 1. The number of para-hydroxylation sites is 1. The lowest BCUT2D eigenvalue weighted by Crippen LogP contribution is -2.34. The third kappa shape index (κ3) is 1.66. The van der Waals surface area contributed by atoms with Gasteiger partial charge in [0.1, 0.15) is 11.4 Å². The van der Waals surface area contributed by atoms with Crippen molar-refractivity contribution in [3.8, 4) is 5.75 Å². The van der Waals surface area contributed by atoms with E-state index in [0.29, 0.717) is 6.42 Å². The maximum absolute atomic E-state index is 9.92.